The molecule has 1 aromatic heterocycles. The first-order chi connectivity index (χ1) is 7.67. The quantitative estimate of drug-likeness (QED) is 0.762. The molecule has 86 valence electrons. The van der Waals surface area contributed by atoms with Crippen LogP contribution in [0.5, 0.6) is 0 Å². The van der Waals surface area contributed by atoms with Gasteiger partial charge in [0.15, 0.2) is 0 Å². The van der Waals surface area contributed by atoms with Gasteiger partial charge in [0, 0.05) is 19.5 Å². The molecule has 1 heterocycles. The Labute approximate surface area is 106 Å². The van der Waals surface area contributed by atoms with Crippen LogP contribution in [0.3, 0.4) is 0 Å². The van der Waals surface area contributed by atoms with Gasteiger partial charge in [-0.05, 0) is 18.7 Å². The molecular weight excluding hydrogens is 245 g/mol. The average molecular weight is 258 g/mol. The van der Waals surface area contributed by atoms with Gasteiger partial charge >= 0.3 is 0 Å². The number of hydrogen-bond donors (Lipinski definition) is 0. The van der Waals surface area contributed by atoms with E-state index >= 15 is 0 Å². The molecule has 0 atom stereocenters. The molecule has 0 N–H and O–H groups in total. The Kier molecular flexibility index (Phi) is 5.54. The summed E-state index contributed by atoms with van der Waals surface area (Å²) < 4.78 is 0. The number of hydrogen-bond acceptors (Lipinski definition) is 3. The number of nitrogens with zero attached hydrogens (tertiary/aromatic N) is 3. The second-order valence-corrected chi connectivity index (χ2v) is 4.13. The Bertz CT molecular complexity index is 387. The van der Waals surface area contributed by atoms with Crippen molar-refractivity contribution in [1.82, 2.24) is 9.88 Å². The summed E-state index contributed by atoms with van der Waals surface area (Å²) in [7, 11) is 0. The van der Waals surface area contributed by atoms with Gasteiger partial charge in [0.2, 0.25) is 0 Å². The van der Waals surface area contributed by atoms with Crippen molar-refractivity contribution in [2.75, 3.05) is 13.1 Å². The minimum Gasteiger partial charge on any atom is -0.297 e. The number of nitriles is 1. The monoisotopic (exact) mass is 257 g/mol. The fourth-order valence-electron chi connectivity index (χ4n) is 1.34. The molecule has 0 unspecified atom stereocenters. The molecule has 0 bridgehead atoms. The molecule has 0 aromatic carbocycles. The van der Waals surface area contributed by atoms with Gasteiger partial charge in [0.1, 0.15) is 5.15 Å². The van der Waals surface area contributed by atoms with E-state index in [2.05, 4.69) is 16.0 Å². The predicted molar refractivity (Wildman–Crippen MR) is 65.4 cm³/mol. The minimum atomic E-state index is 0.440. The second-order valence-electron chi connectivity index (χ2n) is 3.34. The number of halogens is 2. The molecule has 0 saturated carbocycles. The third-order valence-corrected chi connectivity index (χ3v) is 2.80. The van der Waals surface area contributed by atoms with Gasteiger partial charge in [0.05, 0.1) is 16.8 Å². The van der Waals surface area contributed by atoms with Crippen molar-refractivity contribution in [3.8, 4) is 6.07 Å². The topological polar surface area (TPSA) is 39.9 Å². The molecule has 0 spiro atoms. The van der Waals surface area contributed by atoms with Crippen LogP contribution in [0.4, 0.5) is 0 Å². The van der Waals surface area contributed by atoms with Gasteiger partial charge in [-0.25, -0.2) is 4.98 Å². The maximum absolute atomic E-state index is 8.54. The highest BCUT2D eigenvalue weighted by atomic mass is 35.5. The number of aromatic nitrogens is 1. The fourth-order valence-corrected chi connectivity index (χ4v) is 1.67. The lowest BCUT2D eigenvalue weighted by atomic mass is 10.3. The highest BCUT2D eigenvalue weighted by Gasteiger charge is 2.08. The fraction of sp³-hybridized carbons (Fsp3) is 0.455. The van der Waals surface area contributed by atoms with Crippen molar-refractivity contribution in [1.29, 1.82) is 5.26 Å². The van der Waals surface area contributed by atoms with E-state index in [4.69, 9.17) is 28.5 Å². The summed E-state index contributed by atoms with van der Waals surface area (Å²) in [5.41, 5.74) is 0.758. The zero-order chi connectivity index (χ0) is 12.0. The van der Waals surface area contributed by atoms with E-state index in [0.717, 1.165) is 18.8 Å². The molecule has 0 aliphatic carbocycles. The Morgan fingerprint density at radius 2 is 2.19 bits per heavy atom. The van der Waals surface area contributed by atoms with Crippen molar-refractivity contribution < 1.29 is 0 Å². The molecule has 0 aliphatic rings. The van der Waals surface area contributed by atoms with E-state index in [1.807, 2.05) is 6.92 Å². The van der Waals surface area contributed by atoms with Crippen molar-refractivity contribution in [3.63, 3.8) is 0 Å². The van der Waals surface area contributed by atoms with Crippen LogP contribution in [0.1, 0.15) is 19.0 Å². The van der Waals surface area contributed by atoms with Crippen molar-refractivity contribution in [3.05, 3.63) is 28.0 Å². The predicted octanol–water partition coefficient (Wildman–Crippen LogP) is 3.12. The average Bonchev–Trinajstić information content (AvgIpc) is 2.28. The summed E-state index contributed by atoms with van der Waals surface area (Å²) in [5.74, 6) is 0. The first-order valence-electron chi connectivity index (χ1n) is 5.07. The van der Waals surface area contributed by atoms with Gasteiger partial charge in [-0.2, -0.15) is 5.26 Å². The number of pyridine rings is 1. The maximum atomic E-state index is 8.54. The molecule has 1 aromatic rings. The summed E-state index contributed by atoms with van der Waals surface area (Å²) in [5, 5.41) is 9.59. The third kappa shape index (κ3) is 3.97. The van der Waals surface area contributed by atoms with Crippen molar-refractivity contribution >= 4 is 23.2 Å². The zero-order valence-electron chi connectivity index (χ0n) is 9.08. The second kappa shape index (κ2) is 6.70. The van der Waals surface area contributed by atoms with E-state index in [9.17, 15) is 0 Å². The van der Waals surface area contributed by atoms with E-state index < -0.39 is 0 Å². The summed E-state index contributed by atoms with van der Waals surface area (Å²) >= 11 is 11.8. The van der Waals surface area contributed by atoms with Crippen LogP contribution in [0.25, 0.3) is 0 Å². The van der Waals surface area contributed by atoms with Crippen LogP contribution in [0, 0.1) is 11.3 Å². The lowest BCUT2D eigenvalue weighted by molar-refractivity contribution is 0.283. The first-order valence-corrected chi connectivity index (χ1v) is 5.83. The van der Waals surface area contributed by atoms with Crippen LogP contribution in [-0.2, 0) is 6.54 Å². The minimum absolute atomic E-state index is 0.440. The largest absolute Gasteiger partial charge is 0.297 e. The van der Waals surface area contributed by atoms with Gasteiger partial charge in [0.25, 0.3) is 0 Å². The molecule has 0 radical (unpaired) electrons. The Morgan fingerprint density at radius 1 is 1.44 bits per heavy atom. The standard InChI is InChI=1S/C11H13Cl2N3/c1-2-16(7-3-6-14)8-10-9(12)4-5-11(13)15-10/h4-5H,2-3,7-8H2,1H3. The van der Waals surface area contributed by atoms with E-state index in [1.165, 1.54) is 0 Å². The molecule has 1 rings (SSSR count). The van der Waals surface area contributed by atoms with Gasteiger partial charge < -0.3 is 0 Å². The molecule has 0 amide bonds. The van der Waals surface area contributed by atoms with Gasteiger partial charge in [-0.1, -0.05) is 30.1 Å². The molecule has 0 fully saturated rings. The summed E-state index contributed by atoms with van der Waals surface area (Å²) in [4.78, 5) is 6.28. The molecule has 0 aliphatic heterocycles. The van der Waals surface area contributed by atoms with Crippen molar-refractivity contribution in [2.24, 2.45) is 0 Å². The Morgan fingerprint density at radius 3 is 2.81 bits per heavy atom. The van der Waals surface area contributed by atoms with Crippen LogP contribution in [0.2, 0.25) is 10.2 Å². The molecule has 5 heteroatoms. The maximum Gasteiger partial charge on any atom is 0.129 e. The van der Waals surface area contributed by atoms with Crippen LogP contribution >= 0.6 is 23.2 Å². The normalized spacial score (nSPS) is 10.4. The molecule has 16 heavy (non-hydrogen) atoms. The Hall–Kier alpha value is -0.820. The number of rotatable bonds is 5. The van der Waals surface area contributed by atoms with Crippen LogP contribution in [-0.4, -0.2) is 23.0 Å². The Balaban J connectivity index is 2.70. The smallest absolute Gasteiger partial charge is 0.129 e. The highest BCUT2D eigenvalue weighted by Crippen LogP contribution is 2.18. The van der Waals surface area contributed by atoms with E-state index in [-0.39, 0.29) is 0 Å². The zero-order valence-corrected chi connectivity index (χ0v) is 10.6. The molecule has 3 nitrogen and oxygen atoms in total. The highest BCUT2D eigenvalue weighted by molar-refractivity contribution is 6.32. The third-order valence-electron chi connectivity index (χ3n) is 2.25. The van der Waals surface area contributed by atoms with Gasteiger partial charge in [-0.15, -0.1) is 0 Å². The van der Waals surface area contributed by atoms with Crippen molar-refractivity contribution in [2.45, 2.75) is 19.9 Å². The van der Waals surface area contributed by atoms with E-state index in [0.29, 0.717) is 23.1 Å². The SMILES string of the molecule is CCN(CCC#N)Cc1nc(Cl)ccc1Cl. The summed E-state index contributed by atoms with van der Waals surface area (Å²) in [6, 6.07) is 5.53. The summed E-state index contributed by atoms with van der Waals surface area (Å²) in [6.45, 7) is 4.23. The first kappa shape index (κ1) is 13.2. The lowest BCUT2D eigenvalue weighted by Crippen LogP contribution is -2.24. The van der Waals surface area contributed by atoms with Crippen LogP contribution < -0.4 is 0 Å². The molecular formula is C11H13Cl2N3. The summed E-state index contributed by atoms with van der Waals surface area (Å²) in [6.07, 6.45) is 0.506. The van der Waals surface area contributed by atoms with Crippen LogP contribution in [0.15, 0.2) is 12.1 Å². The lowest BCUT2D eigenvalue weighted by Gasteiger charge is -2.18. The van der Waals surface area contributed by atoms with Gasteiger partial charge in [-0.3, -0.25) is 4.90 Å². The molecule has 0 saturated heterocycles. The van der Waals surface area contributed by atoms with E-state index in [1.54, 1.807) is 12.1 Å².